The summed E-state index contributed by atoms with van der Waals surface area (Å²) in [6.07, 6.45) is 3.46. The van der Waals surface area contributed by atoms with Gasteiger partial charge in [0.15, 0.2) is 0 Å². The Hall–Kier alpha value is -2.33. The molecule has 2 aliphatic rings. The highest BCUT2D eigenvalue weighted by molar-refractivity contribution is 5.79. The molecule has 0 saturated heterocycles. The first-order chi connectivity index (χ1) is 12.8. The van der Waals surface area contributed by atoms with Crippen LogP contribution in [0.5, 0.6) is 0 Å². The smallest absolute Gasteiger partial charge is 0.407 e. The highest BCUT2D eigenvalue weighted by Gasteiger charge is 2.30. The predicted molar refractivity (Wildman–Crippen MR) is 101 cm³/mol. The third-order valence-electron chi connectivity index (χ3n) is 5.74. The van der Waals surface area contributed by atoms with Crippen LogP contribution < -0.4 is 5.32 Å². The van der Waals surface area contributed by atoms with Crippen molar-refractivity contribution in [3.63, 3.8) is 0 Å². The predicted octanol–water partition coefficient (Wildman–Crippen LogP) is 4.08. The number of alkyl carbamates (subject to hydrolysis) is 1. The number of rotatable bonds is 5. The molecule has 1 fully saturated rings. The van der Waals surface area contributed by atoms with Crippen LogP contribution in [0, 0.1) is 5.92 Å². The lowest BCUT2D eigenvalue weighted by molar-refractivity contribution is 0.139. The Kier molecular flexibility index (Phi) is 4.93. The molecule has 1 amide bonds. The van der Waals surface area contributed by atoms with Crippen molar-refractivity contribution in [1.29, 1.82) is 0 Å². The number of ether oxygens (including phenoxy) is 1. The second-order valence-electron chi connectivity index (χ2n) is 7.36. The number of carbonyl (C=O) groups is 1. The van der Waals surface area contributed by atoms with Gasteiger partial charge in [-0.25, -0.2) is 4.79 Å². The molecule has 0 aliphatic heterocycles. The molecule has 2 aromatic carbocycles. The molecule has 4 rings (SSSR count). The van der Waals surface area contributed by atoms with Crippen molar-refractivity contribution in [3.8, 4) is 11.1 Å². The lowest BCUT2D eigenvalue weighted by Crippen LogP contribution is -2.34. The summed E-state index contributed by atoms with van der Waals surface area (Å²) >= 11 is 0. The van der Waals surface area contributed by atoms with E-state index in [1.54, 1.807) is 0 Å². The minimum atomic E-state index is -0.332. The average molecular weight is 351 g/mol. The fourth-order valence-corrected chi connectivity index (χ4v) is 4.46. The maximum atomic E-state index is 12.3. The Morgan fingerprint density at radius 1 is 1.04 bits per heavy atom. The Morgan fingerprint density at radius 3 is 2.35 bits per heavy atom. The van der Waals surface area contributed by atoms with Gasteiger partial charge in [-0.05, 0) is 53.9 Å². The van der Waals surface area contributed by atoms with E-state index in [1.165, 1.54) is 22.3 Å². The van der Waals surface area contributed by atoms with Crippen molar-refractivity contribution in [1.82, 2.24) is 5.32 Å². The van der Waals surface area contributed by atoms with Gasteiger partial charge in [-0.1, -0.05) is 48.5 Å². The van der Waals surface area contributed by atoms with Crippen molar-refractivity contribution in [3.05, 3.63) is 59.7 Å². The fraction of sp³-hybridized carbons (Fsp3) is 0.409. The summed E-state index contributed by atoms with van der Waals surface area (Å²) in [6, 6.07) is 16.9. The molecular formula is C22H25NO3. The second kappa shape index (κ2) is 7.50. The first-order valence-electron chi connectivity index (χ1n) is 9.48. The molecule has 4 heteroatoms. The highest BCUT2D eigenvalue weighted by Crippen LogP contribution is 2.44. The summed E-state index contributed by atoms with van der Waals surface area (Å²) in [5, 5.41) is 12.0. The summed E-state index contributed by atoms with van der Waals surface area (Å²) in [6.45, 7) is 0.578. The standard InChI is InChI=1S/C22H25NO3/c24-12-11-15-9-10-16(13-15)23-22(25)26-14-21-19-7-3-1-5-17(19)18-6-2-4-8-20(18)21/h1-8,15-16,21,24H,9-14H2,(H,23,25)/t15-,16-/m0/s1. The fourth-order valence-electron chi connectivity index (χ4n) is 4.46. The normalized spacial score (nSPS) is 21.3. The number of aliphatic hydroxyl groups excluding tert-OH is 1. The van der Waals surface area contributed by atoms with Crippen molar-refractivity contribution in [2.24, 2.45) is 5.92 Å². The molecule has 2 atom stereocenters. The summed E-state index contributed by atoms with van der Waals surface area (Å²) < 4.78 is 5.60. The number of carbonyl (C=O) groups excluding carboxylic acids is 1. The summed E-state index contributed by atoms with van der Waals surface area (Å²) in [4.78, 5) is 12.3. The van der Waals surface area contributed by atoms with Crippen LogP contribution in [0.15, 0.2) is 48.5 Å². The molecule has 2 N–H and O–H groups in total. The first-order valence-corrected chi connectivity index (χ1v) is 9.48. The maximum Gasteiger partial charge on any atom is 0.407 e. The van der Waals surface area contributed by atoms with E-state index in [1.807, 2.05) is 12.1 Å². The monoisotopic (exact) mass is 351 g/mol. The van der Waals surface area contributed by atoms with Crippen molar-refractivity contribution in [2.75, 3.05) is 13.2 Å². The van der Waals surface area contributed by atoms with Crippen LogP contribution in [0.3, 0.4) is 0 Å². The summed E-state index contributed by atoms with van der Waals surface area (Å²) in [5.74, 6) is 0.609. The van der Waals surface area contributed by atoms with Gasteiger partial charge >= 0.3 is 6.09 Å². The number of hydrogen-bond acceptors (Lipinski definition) is 3. The molecule has 4 nitrogen and oxygen atoms in total. The molecule has 0 radical (unpaired) electrons. The Bertz CT molecular complexity index is 743. The number of hydrogen-bond donors (Lipinski definition) is 2. The molecule has 136 valence electrons. The van der Waals surface area contributed by atoms with Crippen molar-refractivity contribution >= 4 is 6.09 Å². The van der Waals surface area contributed by atoms with Crippen LogP contribution in [0.25, 0.3) is 11.1 Å². The van der Waals surface area contributed by atoms with Gasteiger partial charge in [0, 0.05) is 18.6 Å². The third kappa shape index (κ3) is 3.34. The van der Waals surface area contributed by atoms with E-state index in [9.17, 15) is 4.79 Å². The topological polar surface area (TPSA) is 58.6 Å². The molecule has 0 bridgehead atoms. The SMILES string of the molecule is O=C(N[C@H]1CC[C@@H](CCO)C1)OCC1c2ccccc2-c2ccccc21. The maximum absolute atomic E-state index is 12.3. The van der Waals surface area contributed by atoms with Gasteiger partial charge in [0.1, 0.15) is 6.61 Å². The van der Waals surface area contributed by atoms with E-state index in [-0.39, 0.29) is 24.7 Å². The van der Waals surface area contributed by atoms with Crippen molar-refractivity contribution < 1.29 is 14.6 Å². The van der Waals surface area contributed by atoms with E-state index in [0.717, 1.165) is 25.7 Å². The zero-order valence-corrected chi connectivity index (χ0v) is 14.9. The third-order valence-corrected chi connectivity index (χ3v) is 5.74. The summed E-state index contributed by atoms with van der Waals surface area (Å²) in [5.41, 5.74) is 4.93. The van der Waals surface area contributed by atoms with E-state index < -0.39 is 0 Å². The molecule has 26 heavy (non-hydrogen) atoms. The average Bonchev–Trinajstić information content (AvgIpc) is 3.23. The zero-order valence-electron chi connectivity index (χ0n) is 14.9. The quantitative estimate of drug-likeness (QED) is 0.853. The molecule has 2 aliphatic carbocycles. The van der Waals surface area contributed by atoms with Crippen LogP contribution in [0.4, 0.5) is 4.79 Å². The molecule has 0 aromatic heterocycles. The molecular weight excluding hydrogens is 326 g/mol. The van der Waals surface area contributed by atoms with Crippen LogP contribution in [-0.2, 0) is 4.74 Å². The van der Waals surface area contributed by atoms with Crippen molar-refractivity contribution in [2.45, 2.75) is 37.6 Å². The molecule has 0 heterocycles. The number of benzene rings is 2. The highest BCUT2D eigenvalue weighted by atomic mass is 16.5. The number of aliphatic hydroxyl groups is 1. The van der Waals surface area contributed by atoms with Gasteiger partial charge in [0.2, 0.25) is 0 Å². The van der Waals surface area contributed by atoms with Gasteiger partial charge in [-0.2, -0.15) is 0 Å². The minimum Gasteiger partial charge on any atom is -0.449 e. The molecule has 1 saturated carbocycles. The minimum absolute atomic E-state index is 0.0962. The first kappa shape index (κ1) is 17.1. The van der Waals surface area contributed by atoms with E-state index in [4.69, 9.17) is 9.84 Å². The van der Waals surface area contributed by atoms with E-state index in [0.29, 0.717) is 12.5 Å². The lowest BCUT2D eigenvalue weighted by atomic mass is 9.98. The summed E-state index contributed by atoms with van der Waals surface area (Å²) in [7, 11) is 0. The Labute approximate surface area is 154 Å². The number of amides is 1. The zero-order chi connectivity index (χ0) is 17.9. The van der Waals surface area contributed by atoms with Crippen LogP contribution in [-0.4, -0.2) is 30.5 Å². The van der Waals surface area contributed by atoms with Crippen LogP contribution in [0.2, 0.25) is 0 Å². The molecule has 2 aromatic rings. The van der Waals surface area contributed by atoms with E-state index in [2.05, 4.69) is 41.7 Å². The lowest BCUT2D eigenvalue weighted by Gasteiger charge is -2.17. The van der Waals surface area contributed by atoms with Gasteiger partial charge in [-0.15, -0.1) is 0 Å². The number of fused-ring (bicyclic) bond motifs is 3. The largest absolute Gasteiger partial charge is 0.449 e. The Morgan fingerprint density at radius 2 is 1.69 bits per heavy atom. The van der Waals surface area contributed by atoms with Gasteiger partial charge in [-0.3, -0.25) is 0 Å². The van der Waals surface area contributed by atoms with Crippen LogP contribution in [0.1, 0.15) is 42.7 Å². The molecule has 0 spiro atoms. The molecule has 0 unspecified atom stereocenters. The van der Waals surface area contributed by atoms with Gasteiger partial charge in [0.25, 0.3) is 0 Å². The van der Waals surface area contributed by atoms with Gasteiger partial charge in [0.05, 0.1) is 0 Å². The second-order valence-corrected chi connectivity index (χ2v) is 7.36. The Balaban J connectivity index is 1.38. The van der Waals surface area contributed by atoms with Gasteiger partial charge < -0.3 is 15.2 Å². The van der Waals surface area contributed by atoms with Crippen LogP contribution >= 0.6 is 0 Å². The number of nitrogens with one attached hydrogen (secondary N) is 1. The van der Waals surface area contributed by atoms with E-state index >= 15 is 0 Å².